The van der Waals surface area contributed by atoms with Gasteiger partial charge in [0.1, 0.15) is 6.10 Å². The van der Waals surface area contributed by atoms with Crippen LogP contribution in [0.1, 0.15) is 20.3 Å². The van der Waals surface area contributed by atoms with E-state index in [0.717, 1.165) is 13.0 Å². The van der Waals surface area contributed by atoms with Crippen LogP contribution < -0.4 is 10.5 Å². The molecule has 0 bridgehead atoms. The summed E-state index contributed by atoms with van der Waals surface area (Å²) in [4.78, 5) is 17.8. The molecule has 1 aliphatic heterocycles. The third-order valence-electron chi connectivity index (χ3n) is 3.03. The molecule has 2 heterocycles. The number of nitrogen functional groups attached to an aromatic ring is 1. The fourth-order valence-electron chi connectivity index (χ4n) is 2.05. The first kappa shape index (κ1) is 12.7. The predicted molar refractivity (Wildman–Crippen MR) is 69.1 cm³/mol. The molecule has 1 fully saturated rings. The van der Waals surface area contributed by atoms with Crippen LogP contribution in [0.2, 0.25) is 0 Å². The zero-order chi connectivity index (χ0) is 13.1. The van der Waals surface area contributed by atoms with Crippen molar-refractivity contribution < 1.29 is 9.53 Å². The minimum Gasteiger partial charge on any atom is -0.471 e. The Balaban J connectivity index is 1.94. The molecule has 0 aliphatic carbocycles. The third-order valence-corrected chi connectivity index (χ3v) is 3.03. The van der Waals surface area contributed by atoms with Crippen LogP contribution in [-0.2, 0) is 4.79 Å². The van der Waals surface area contributed by atoms with Gasteiger partial charge in [-0.1, -0.05) is 13.8 Å². The summed E-state index contributed by atoms with van der Waals surface area (Å²) in [6, 6.07) is 3.53. The highest BCUT2D eigenvalue weighted by Crippen LogP contribution is 2.22. The van der Waals surface area contributed by atoms with Crippen molar-refractivity contribution in [1.29, 1.82) is 0 Å². The third kappa shape index (κ3) is 2.72. The fourth-order valence-corrected chi connectivity index (χ4v) is 2.05. The predicted octanol–water partition coefficient (Wildman–Crippen LogP) is 1.30. The molecule has 0 aromatic carbocycles. The molecule has 1 atom stereocenters. The highest BCUT2D eigenvalue weighted by atomic mass is 16.5. The number of hydrogen-bond donors (Lipinski definition) is 1. The molecule has 2 N–H and O–H groups in total. The molecule has 0 saturated carbocycles. The number of carbonyl (C=O) groups excluding carboxylic acids is 1. The first-order chi connectivity index (χ1) is 8.58. The van der Waals surface area contributed by atoms with Gasteiger partial charge < -0.3 is 15.4 Å². The van der Waals surface area contributed by atoms with Crippen molar-refractivity contribution in [3.63, 3.8) is 0 Å². The average Bonchev–Trinajstić information content (AvgIpc) is 2.79. The summed E-state index contributed by atoms with van der Waals surface area (Å²) in [5.41, 5.74) is 6.31. The van der Waals surface area contributed by atoms with E-state index in [4.69, 9.17) is 10.5 Å². The zero-order valence-corrected chi connectivity index (χ0v) is 10.8. The van der Waals surface area contributed by atoms with Crippen LogP contribution in [0.25, 0.3) is 0 Å². The molecular formula is C13H19N3O2. The fraction of sp³-hybridized carbons (Fsp3) is 0.538. The molecule has 5 nitrogen and oxygen atoms in total. The van der Waals surface area contributed by atoms with Crippen LogP contribution in [0.15, 0.2) is 18.3 Å². The lowest BCUT2D eigenvalue weighted by molar-refractivity contribution is -0.133. The van der Waals surface area contributed by atoms with Crippen molar-refractivity contribution in [3.05, 3.63) is 18.3 Å². The standard InChI is InChI=1S/C13H19N3O2/c1-9(2)13(17)16-7-5-10(8-16)18-12-11(14)4-3-6-15-12/h3-4,6,9-10H,5,7-8,14H2,1-2H3/t10-/m1/s1. The van der Waals surface area contributed by atoms with Crippen LogP contribution >= 0.6 is 0 Å². The molecule has 1 amide bonds. The van der Waals surface area contributed by atoms with E-state index in [0.29, 0.717) is 18.1 Å². The van der Waals surface area contributed by atoms with Gasteiger partial charge in [0.25, 0.3) is 0 Å². The van der Waals surface area contributed by atoms with Gasteiger partial charge in [0.2, 0.25) is 11.8 Å². The maximum Gasteiger partial charge on any atom is 0.237 e. The lowest BCUT2D eigenvalue weighted by Crippen LogP contribution is -2.33. The Bertz CT molecular complexity index is 434. The summed E-state index contributed by atoms with van der Waals surface area (Å²) in [6.07, 6.45) is 2.47. The summed E-state index contributed by atoms with van der Waals surface area (Å²) in [5.74, 6) is 0.667. The van der Waals surface area contributed by atoms with E-state index in [1.807, 2.05) is 18.7 Å². The van der Waals surface area contributed by atoms with E-state index < -0.39 is 0 Å². The molecule has 0 unspecified atom stereocenters. The molecule has 1 aromatic rings. The van der Waals surface area contributed by atoms with Gasteiger partial charge in [-0.05, 0) is 12.1 Å². The first-order valence-corrected chi connectivity index (χ1v) is 6.24. The van der Waals surface area contributed by atoms with Gasteiger partial charge in [-0.3, -0.25) is 4.79 Å². The zero-order valence-electron chi connectivity index (χ0n) is 10.8. The SMILES string of the molecule is CC(C)C(=O)N1CC[C@@H](Oc2ncccc2N)C1. The molecule has 0 spiro atoms. The quantitative estimate of drug-likeness (QED) is 0.876. The number of nitrogens with two attached hydrogens (primary N) is 1. The molecule has 98 valence electrons. The molecule has 18 heavy (non-hydrogen) atoms. The summed E-state index contributed by atoms with van der Waals surface area (Å²) in [7, 11) is 0. The van der Waals surface area contributed by atoms with Gasteiger partial charge in [0, 0.05) is 25.1 Å². The Labute approximate surface area is 107 Å². The number of nitrogens with zero attached hydrogens (tertiary/aromatic N) is 2. The van der Waals surface area contributed by atoms with Crippen molar-refractivity contribution in [3.8, 4) is 5.88 Å². The maximum absolute atomic E-state index is 11.8. The summed E-state index contributed by atoms with van der Waals surface area (Å²) < 4.78 is 5.74. The minimum atomic E-state index is -0.00935. The number of likely N-dealkylation sites (tertiary alicyclic amines) is 1. The van der Waals surface area contributed by atoms with Gasteiger partial charge >= 0.3 is 0 Å². The van der Waals surface area contributed by atoms with Crippen LogP contribution in [0.3, 0.4) is 0 Å². The van der Waals surface area contributed by atoms with E-state index in [2.05, 4.69) is 4.98 Å². The smallest absolute Gasteiger partial charge is 0.237 e. The summed E-state index contributed by atoms with van der Waals surface area (Å²) >= 11 is 0. The topological polar surface area (TPSA) is 68.5 Å². The van der Waals surface area contributed by atoms with Gasteiger partial charge in [0.15, 0.2) is 0 Å². The van der Waals surface area contributed by atoms with Crippen LogP contribution in [-0.4, -0.2) is 35.0 Å². The number of ether oxygens (including phenoxy) is 1. The number of hydrogen-bond acceptors (Lipinski definition) is 4. The minimum absolute atomic E-state index is 0.00935. The number of amides is 1. The van der Waals surface area contributed by atoms with Crippen molar-refractivity contribution in [2.45, 2.75) is 26.4 Å². The number of carbonyl (C=O) groups is 1. The second kappa shape index (κ2) is 5.25. The van der Waals surface area contributed by atoms with E-state index in [-0.39, 0.29) is 17.9 Å². The summed E-state index contributed by atoms with van der Waals surface area (Å²) in [6.45, 7) is 5.18. The molecule has 2 rings (SSSR count). The van der Waals surface area contributed by atoms with E-state index >= 15 is 0 Å². The van der Waals surface area contributed by atoms with Crippen molar-refractivity contribution >= 4 is 11.6 Å². The van der Waals surface area contributed by atoms with Gasteiger partial charge in [-0.25, -0.2) is 4.98 Å². The van der Waals surface area contributed by atoms with Crippen molar-refractivity contribution in [2.24, 2.45) is 5.92 Å². The van der Waals surface area contributed by atoms with Crippen LogP contribution in [0.4, 0.5) is 5.69 Å². The van der Waals surface area contributed by atoms with Crippen LogP contribution in [0.5, 0.6) is 5.88 Å². The number of pyridine rings is 1. The van der Waals surface area contributed by atoms with Crippen molar-refractivity contribution in [1.82, 2.24) is 9.88 Å². The second-order valence-corrected chi connectivity index (χ2v) is 4.87. The number of rotatable bonds is 3. The van der Waals surface area contributed by atoms with E-state index in [1.165, 1.54) is 0 Å². The monoisotopic (exact) mass is 249 g/mol. The van der Waals surface area contributed by atoms with Gasteiger partial charge in [-0.2, -0.15) is 0 Å². The largest absolute Gasteiger partial charge is 0.471 e. The molecule has 1 aliphatic rings. The van der Waals surface area contributed by atoms with E-state index in [9.17, 15) is 4.79 Å². The maximum atomic E-state index is 11.8. The Morgan fingerprint density at radius 2 is 2.39 bits per heavy atom. The first-order valence-electron chi connectivity index (χ1n) is 6.24. The average molecular weight is 249 g/mol. The molecule has 1 aromatic heterocycles. The normalized spacial score (nSPS) is 19.3. The van der Waals surface area contributed by atoms with E-state index in [1.54, 1.807) is 18.3 Å². The van der Waals surface area contributed by atoms with Crippen LogP contribution in [0, 0.1) is 5.92 Å². The lowest BCUT2D eigenvalue weighted by atomic mass is 10.2. The Hall–Kier alpha value is -1.78. The summed E-state index contributed by atoms with van der Waals surface area (Å²) in [5, 5.41) is 0. The lowest BCUT2D eigenvalue weighted by Gasteiger charge is -2.19. The number of anilines is 1. The molecular weight excluding hydrogens is 230 g/mol. The molecule has 1 saturated heterocycles. The van der Waals surface area contributed by atoms with Crippen molar-refractivity contribution in [2.75, 3.05) is 18.8 Å². The van der Waals surface area contributed by atoms with Gasteiger partial charge in [0.05, 0.1) is 12.2 Å². The second-order valence-electron chi connectivity index (χ2n) is 4.87. The molecule has 5 heteroatoms. The Morgan fingerprint density at radius 1 is 1.61 bits per heavy atom. The number of aromatic nitrogens is 1. The van der Waals surface area contributed by atoms with Gasteiger partial charge in [-0.15, -0.1) is 0 Å². The highest BCUT2D eigenvalue weighted by Gasteiger charge is 2.29. The highest BCUT2D eigenvalue weighted by molar-refractivity contribution is 5.78. The molecule has 0 radical (unpaired) electrons. The Kier molecular flexibility index (Phi) is 3.69. The Morgan fingerprint density at radius 3 is 3.06 bits per heavy atom.